The lowest BCUT2D eigenvalue weighted by molar-refractivity contribution is -0.385. The van der Waals surface area contributed by atoms with Crippen LogP contribution < -0.4 is 5.32 Å². The molecule has 8 heteroatoms. The van der Waals surface area contributed by atoms with Gasteiger partial charge in [0.05, 0.1) is 4.92 Å². The minimum absolute atomic E-state index is 0.308. The van der Waals surface area contributed by atoms with Crippen molar-refractivity contribution in [2.45, 2.75) is 0 Å². The monoisotopic (exact) mass is 283 g/mol. The fourth-order valence-electron chi connectivity index (χ4n) is 1.28. The number of carboxylic acids is 1. The van der Waals surface area contributed by atoms with Crippen LogP contribution in [0.15, 0.2) is 24.9 Å². The number of nitro groups is 1. The number of rotatable bonds is 8. The number of aromatic nitrogens is 1. The Morgan fingerprint density at radius 3 is 3.00 bits per heavy atom. The zero-order valence-corrected chi connectivity index (χ0v) is 10.9. The third-order valence-corrected chi connectivity index (χ3v) is 3.06. The van der Waals surface area contributed by atoms with Gasteiger partial charge in [-0.05, 0) is 0 Å². The molecule has 19 heavy (non-hydrogen) atoms. The number of carbonyl (C=O) groups is 1. The van der Waals surface area contributed by atoms with E-state index in [0.717, 1.165) is 17.7 Å². The summed E-state index contributed by atoms with van der Waals surface area (Å²) in [5.41, 5.74) is -0.889. The van der Waals surface area contributed by atoms with Gasteiger partial charge < -0.3 is 10.4 Å². The van der Waals surface area contributed by atoms with E-state index in [1.165, 1.54) is 6.07 Å². The molecule has 1 aromatic rings. The van der Waals surface area contributed by atoms with Gasteiger partial charge >= 0.3 is 11.7 Å². The predicted molar refractivity (Wildman–Crippen MR) is 73.9 cm³/mol. The summed E-state index contributed by atoms with van der Waals surface area (Å²) in [5.74, 6) is 0.587. The van der Waals surface area contributed by atoms with E-state index in [4.69, 9.17) is 5.11 Å². The van der Waals surface area contributed by atoms with Crippen LogP contribution in [-0.2, 0) is 0 Å². The maximum atomic E-state index is 10.9. The van der Waals surface area contributed by atoms with Gasteiger partial charge in [-0.15, -0.1) is 6.58 Å². The van der Waals surface area contributed by atoms with Crippen molar-refractivity contribution in [1.29, 1.82) is 0 Å². The fourth-order valence-corrected chi connectivity index (χ4v) is 1.86. The van der Waals surface area contributed by atoms with E-state index < -0.39 is 16.6 Å². The lowest BCUT2D eigenvalue weighted by Gasteiger charge is -2.05. The molecule has 2 N–H and O–H groups in total. The van der Waals surface area contributed by atoms with Gasteiger partial charge in [0.1, 0.15) is 17.6 Å². The van der Waals surface area contributed by atoms with Gasteiger partial charge in [-0.1, -0.05) is 6.08 Å². The van der Waals surface area contributed by atoms with Crippen molar-refractivity contribution in [2.24, 2.45) is 0 Å². The van der Waals surface area contributed by atoms with E-state index in [1.54, 1.807) is 17.8 Å². The van der Waals surface area contributed by atoms with Gasteiger partial charge in [-0.3, -0.25) is 10.1 Å². The Labute approximate surface area is 113 Å². The molecule has 0 fully saturated rings. The normalized spacial score (nSPS) is 9.89. The molecule has 0 atom stereocenters. The second-order valence-corrected chi connectivity index (χ2v) is 4.59. The van der Waals surface area contributed by atoms with Crippen molar-refractivity contribution in [1.82, 2.24) is 4.98 Å². The summed E-state index contributed by atoms with van der Waals surface area (Å²) < 4.78 is 0. The van der Waals surface area contributed by atoms with Crippen molar-refractivity contribution < 1.29 is 14.8 Å². The number of thioether (sulfide) groups is 1. The number of carboxylic acid groups (broad SMARTS) is 1. The highest BCUT2D eigenvalue weighted by molar-refractivity contribution is 7.99. The molecule has 1 rings (SSSR count). The molecule has 0 saturated heterocycles. The van der Waals surface area contributed by atoms with Gasteiger partial charge in [0.25, 0.3) is 0 Å². The summed E-state index contributed by atoms with van der Waals surface area (Å²) >= 11 is 1.66. The van der Waals surface area contributed by atoms with Gasteiger partial charge in [0.15, 0.2) is 0 Å². The SMILES string of the molecule is C=CCSCCNc1cc(C(=O)O)c([N+](=O)[O-])cn1. The van der Waals surface area contributed by atoms with E-state index in [-0.39, 0.29) is 5.56 Å². The number of nitrogens with zero attached hydrogens (tertiary/aromatic N) is 2. The second kappa shape index (κ2) is 7.37. The van der Waals surface area contributed by atoms with E-state index in [1.807, 2.05) is 0 Å². The van der Waals surface area contributed by atoms with Crippen LogP contribution in [0.1, 0.15) is 10.4 Å². The van der Waals surface area contributed by atoms with Gasteiger partial charge in [-0.25, -0.2) is 9.78 Å². The molecule has 102 valence electrons. The van der Waals surface area contributed by atoms with Crippen LogP contribution in [0.2, 0.25) is 0 Å². The molecule has 1 heterocycles. The highest BCUT2D eigenvalue weighted by atomic mass is 32.2. The van der Waals surface area contributed by atoms with Crippen LogP contribution in [0.25, 0.3) is 0 Å². The molecule has 0 spiro atoms. The fraction of sp³-hybridized carbons (Fsp3) is 0.273. The summed E-state index contributed by atoms with van der Waals surface area (Å²) in [7, 11) is 0. The molecule has 0 radical (unpaired) electrons. The Kier molecular flexibility index (Phi) is 5.80. The quantitative estimate of drug-likeness (QED) is 0.325. The predicted octanol–water partition coefficient (Wildman–Crippen LogP) is 2.02. The van der Waals surface area contributed by atoms with Crippen molar-refractivity contribution in [3.63, 3.8) is 0 Å². The number of hydrogen-bond acceptors (Lipinski definition) is 6. The average molecular weight is 283 g/mol. The first-order chi connectivity index (χ1) is 9.06. The van der Waals surface area contributed by atoms with Crippen LogP contribution in [0.5, 0.6) is 0 Å². The first-order valence-electron chi connectivity index (χ1n) is 5.36. The molecule has 0 aliphatic rings. The molecule has 0 saturated carbocycles. The largest absolute Gasteiger partial charge is 0.477 e. The first kappa shape index (κ1) is 15.0. The van der Waals surface area contributed by atoms with Crippen molar-refractivity contribution in [2.75, 3.05) is 23.4 Å². The van der Waals surface area contributed by atoms with E-state index in [0.29, 0.717) is 12.4 Å². The van der Waals surface area contributed by atoms with Gasteiger partial charge in [0, 0.05) is 24.1 Å². The molecule has 0 unspecified atom stereocenters. The van der Waals surface area contributed by atoms with Crippen molar-refractivity contribution in [3.05, 3.63) is 40.6 Å². The summed E-state index contributed by atoms with van der Waals surface area (Å²) in [5, 5.41) is 22.5. The minimum Gasteiger partial charge on any atom is -0.477 e. The zero-order chi connectivity index (χ0) is 14.3. The second-order valence-electron chi connectivity index (χ2n) is 3.44. The van der Waals surface area contributed by atoms with Crippen molar-refractivity contribution >= 4 is 29.2 Å². The topological polar surface area (TPSA) is 105 Å². The van der Waals surface area contributed by atoms with Gasteiger partial charge in [0.2, 0.25) is 0 Å². The third-order valence-electron chi connectivity index (χ3n) is 2.10. The molecular weight excluding hydrogens is 270 g/mol. The van der Waals surface area contributed by atoms with Crippen LogP contribution >= 0.6 is 11.8 Å². The highest BCUT2D eigenvalue weighted by Crippen LogP contribution is 2.20. The third kappa shape index (κ3) is 4.59. The summed E-state index contributed by atoms with van der Waals surface area (Å²) in [6, 6.07) is 1.17. The lowest BCUT2D eigenvalue weighted by Crippen LogP contribution is -2.09. The molecule has 0 bridgehead atoms. The van der Waals surface area contributed by atoms with Gasteiger partial charge in [-0.2, -0.15) is 11.8 Å². The summed E-state index contributed by atoms with van der Waals surface area (Å²) in [6.07, 6.45) is 2.74. The van der Waals surface area contributed by atoms with E-state index in [9.17, 15) is 14.9 Å². The molecule has 7 nitrogen and oxygen atoms in total. The number of aromatic carboxylic acids is 1. The lowest BCUT2D eigenvalue weighted by atomic mass is 10.2. The van der Waals surface area contributed by atoms with Crippen LogP contribution in [0.4, 0.5) is 11.5 Å². The molecule has 1 aromatic heterocycles. The molecule has 0 aliphatic heterocycles. The van der Waals surface area contributed by atoms with Crippen LogP contribution in [0.3, 0.4) is 0 Å². The minimum atomic E-state index is -1.35. The van der Waals surface area contributed by atoms with Crippen LogP contribution in [-0.4, -0.2) is 39.0 Å². The molecule has 0 aliphatic carbocycles. The highest BCUT2D eigenvalue weighted by Gasteiger charge is 2.20. The number of hydrogen-bond donors (Lipinski definition) is 2. The standard InChI is InChI=1S/C11H13N3O4S/c1-2-4-19-5-3-12-10-6-8(11(15)16)9(7-13-10)14(17)18/h2,6-7H,1,3-5H2,(H,12,13)(H,15,16). The Balaban J connectivity index is 2.70. The maximum absolute atomic E-state index is 10.9. The Bertz CT molecular complexity index is 493. The summed E-state index contributed by atoms with van der Waals surface area (Å²) in [4.78, 5) is 24.6. The summed E-state index contributed by atoms with van der Waals surface area (Å²) in [6.45, 7) is 4.18. The Hall–Kier alpha value is -2.09. The van der Waals surface area contributed by atoms with Crippen LogP contribution in [0, 0.1) is 10.1 Å². The zero-order valence-electron chi connectivity index (χ0n) is 10.0. The number of anilines is 1. The number of nitrogens with one attached hydrogen (secondary N) is 1. The Morgan fingerprint density at radius 2 is 2.42 bits per heavy atom. The molecular formula is C11H13N3O4S. The van der Waals surface area contributed by atoms with E-state index >= 15 is 0 Å². The average Bonchev–Trinajstić information content (AvgIpc) is 2.38. The molecule has 0 amide bonds. The number of pyridine rings is 1. The molecule has 0 aromatic carbocycles. The van der Waals surface area contributed by atoms with E-state index in [2.05, 4.69) is 16.9 Å². The maximum Gasteiger partial charge on any atom is 0.342 e. The smallest absolute Gasteiger partial charge is 0.342 e. The Morgan fingerprint density at radius 1 is 1.68 bits per heavy atom. The van der Waals surface area contributed by atoms with Crippen molar-refractivity contribution in [3.8, 4) is 0 Å². The first-order valence-corrected chi connectivity index (χ1v) is 6.52.